The van der Waals surface area contributed by atoms with Crippen LogP contribution < -0.4 is 10.6 Å². The zero-order chi connectivity index (χ0) is 14.5. The van der Waals surface area contributed by atoms with E-state index in [1.165, 1.54) is 0 Å². The molecule has 1 fully saturated rings. The third-order valence-corrected chi connectivity index (χ3v) is 3.83. The molecule has 0 aliphatic carbocycles. The van der Waals surface area contributed by atoms with Gasteiger partial charge in [-0.2, -0.15) is 0 Å². The number of amides is 1. The monoisotopic (exact) mass is 266 g/mol. The second-order valence-corrected chi connectivity index (χ2v) is 5.54. The van der Waals surface area contributed by atoms with Gasteiger partial charge in [0.15, 0.2) is 0 Å². The number of terminal acetylenes is 1. The molecule has 5 heteroatoms. The molecule has 19 heavy (non-hydrogen) atoms. The first-order valence-electron chi connectivity index (χ1n) is 6.57. The highest BCUT2D eigenvalue weighted by Gasteiger charge is 2.38. The van der Waals surface area contributed by atoms with E-state index < -0.39 is 17.4 Å². The van der Waals surface area contributed by atoms with Crippen LogP contribution in [0.15, 0.2) is 0 Å². The first kappa shape index (κ1) is 15.5. The Hall–Kier alpha value is -1.54. The lowest BCUT2D eigenvalue weighted by molar-refractivity contribution is -0.144. The first-order chi connectivity index (χ1) is 8.89. The van der Waals surface area contributed by atoms with E-state index in [2.05, 4.69) is 16.6 Å². The molecule has 0 bridgehead atoms. The van der Waals surface area contributed by atoms with E-state index in [9.17, 15) is 9.59 Å². The highest BCUT2D eigenvalue weighted by atomic mass is 16.4. The third kappa shape index (κ3) is 3.97. The van der Waals surface area contributed by atoms with E-state index in [1.54, 1.807) is 0 Å². The van der Waals surface area contributed by atoms with Gasteiger partial charge in [-0.25, -0.2) is 4.79 Å². The molecule has 5 nitrogen and oxygen atoms in total. The third-order valence-electron chi connectivity index (χ3n) is 3.83. The first-order valence-corrected chi connectivity index (χ1v) is 6.57. The maximum absolute atomic E-state index is 12.3. The fraction of sp³-hybridized carbons (Fsp3) is 0.714. The highest BCUT2D eigenvalue weighted by molar-refractivity contribution is 5.87. The van der Waals surface area contributed by atoms with Crippen LogP contribution in [0.3, 0.4) is 0 Å². The van der Waals surface area contributed by atoms with Crippen LogP contribution in [0, 0.1) is 23.7 Å². The van der Waals surface area contributed by atoms with Gasteiger partial charge in [0.2, 0.25) is 5.91 Å². The molecule has 0 spiro atoms. The second kappa shape index (κ2) is 6.58. The predicted molar refractivity (Wildman–Crippen MR) is 72.4 cm³/mol. The molecule has 1 aliphatic rings. The van der Waals surface area contributed by atoms with Gasteiger partial charge in [-0.3, -0.25) is 4.79 Å². The van der Waals surface area contributed by atoms with E-state index in [4.69, 9.17) is 11.5 Å². The number of nitrogens with one attached hydrogen (secondary N) is 2. The lowest BCUT2D eigenvalue weighted by Crippen LogP contribution is -2.51. The van der Waals surface area contributed by atoms with Gasteiger partial charge in [0.05, 0.1) is 0 Å². The topological polar surface area (TPSA) is 78.4 Å². The van der Waals surface area contributed by atoms with Crippen molar-refractivity contribution in [1.82, 2.24) is 10.6 Å². The smallest absolute Gasteiger partial charge is 0.327 e. The lowest BCUT2D eigenvalue weighted by Gasteiger charge is -2.36. The van der Waals surface area contributed by atoms with Crippen molar-refractivity contribution < 1.29 is 14.7 Å². The van der Waals surface area contributed by atoms with Crippen LogP contribution in [-0.4, -0.2) is 36.1 Å². The number of carbonyl (C=O) groups excluding carboxylic acids is 1. The molecular formula is C14H22N2O3. The van der Waals surface area contributed by atoms with E-state index in [-0.39, 0.29) is 18.2 Å². The Bertz CT molecular complexity index is 379. The average Bonchev–Trinajstić information content (AvgIpc) is 2.38. The van der Waals surface area contributed by atoms with Gasteiger partial charge in [-0.05, 0) is 31.8 Å². The molecule has 1 rings (SSSR count). The van der Waals surface area contributed by atoms with Crippen molar-refractivity contribution in [3.05, 3.63) is 0 Å². The summed E-state index contributed by atoms with van der Waals surface area (Å²) in [5, 5.41) is 14.8. The Labute approximate surface area is 114 Å². The summed E-state index contributed by atoms with van der Waals surface area (Å²) in [6, 6.07) is -1.01. The number of carbonyl (C=O) groups is 2. The number of carboxylic acids is 1. The van der Waals surface area contributed by atoms with Gasteiger partial charge in [0.25, 0.3) is 0 Å². The number of hydrogen-bond donors (Lipinski definition) is 3. The summed E-state index contributed by atoms with van der Waals surface area (Å²) in [4.78, 5) is 23.3. The fourth-order valence-corrected chi connectivity index (χ4v) is 2.32. The van der Waals surface area contributed by atoms with E-state index in [1.807, 2.05) is 13.8 Å². The summed E-state index contributed by atoms with van der Waals surface area (Å²) in [5.74, 6) is 1.15. The highest BCUT2D eigenvalue weighted by Crippen LogP contribution is 2.32. The summed E-state index contributed by atoms with van der Waals surface area (Å²) >= 11 is 0. The molecule has 2 unspecified atom stereocenters. The zero-order valence-electron chi connectivity index (χ0n) is 11.5. The molecule has 1 amide bonds. The summed E-state index contributed by atoms with van der Waals surface area (Å²) in [7, 11) is 0. The summed E-state index contributed by atoms with van der Waals surface area (Å²) in [6.07, 6.45) is 7.13. The normalized spacial score (nSPS) is 21.2. The molecule has 106 valence electrons. The van der Waals surface area contributed by atoms with Gasteiger partial charge in [0, 0.05) is 11.8 Å². The van der Waals surface area contributed by atoms with Crippen molar-refractivity contribution in [3.63, 3.8) is 0 Å². The van der Waals surface area contributed by atoms with Crippen LogP contribution in [-0.2, 0) is 9.59 Å². The Balaban J connectivity index is 2.68. The SMILES string of the molecule is C#CCC(NC(=O)C(C)(C)C1CCCNC1)C(=O)O. The van der Waals surface area contributed by atoms with E-state index in [0.717, 1.165) is 25.9 Å². The van der Waals surface area contributed by atoms with Crippen molar-refractivity contribution in [3.8, 4) is 12.3 Å². The second-order valence-electron chi connectivity index (χ2n) is 5.54. The largest absolute Gasteiger partial charge is 0.480 e. The minimum absolute atomic E-state index is 0.0000694. The van der Waals surface area contributed by atoms with Gasteiger partial charge < -0.3 is 15.7 Å². The van der Waals surface area contributed by atoms with Crippen LogP contribution in [0.1, 0.15) is 33.1 Å². The van der Waals surface area contributed by atoms with Crippen LogP contribution in [0.25, 0.3) is 0 Å². The average molecular weight is 266 g/mol. The maximum atomic E-state index is 12.3. The maximum Gasteiger partial charge on any atom is 0.327 e. The number of aliphatic carboxylic acids is 1. The Morgan fingerprint density at radius 3 is 2.74 bits per heavy atom. The van der Waals surface area contributed by atoms with Crippen molar-refractivity contribution in [2.75, 3.05) is 13.1 Å². The summed E-state index contributed by atoms with van der Waals surface area (Å²) in [5.41, 5.74) is -0.601. The van der Waals surface area contributed by atoms with Gasteiger partial charge in [-0.15, -0.1) is 12.3 Å². The van der Waals surface area contributed by atoms with Crippen LogP contribution in [0.5, 0.6) is 0 Å². The van der Waals surface area contributed by atoms with Crippen molar-refractivity contribution in [2.24, 2.45) is 11.3 Å². The summed E-state index contributed by atoms with van der Waals surface area (Å²) < 4.78 is 0. The molecule has 3 N–H and O–H groups in total. The van der Waals surface area contributed by atoms with Crippen molar-refractivity contribution in [1.29, 1.82) is 0 Å². The van der Waals surface area contributed by atoms with Crippen LogP contribution >= 0.6 is 0 Å². The van der Waals surface area contributed by atoms with Crippen LogP contribution in [0.4, 0.5) is 0 Å². The standard InChI is InChI=1S/C14H22N2O3/c1-4-6-11(12(17)18)16-13(19)14(2,3)10-7-5-8-15-9-10/h1,10-11,15H,5-9H2,2-3H3,(H,16,19)(H,17,18). The minimum atomic E-state index is -1.09. The van der Waals surface area contributed by atoms with Crippen molar-refractivity contribution in [2.45, 2.75) is 39.2 Å². The van der Waals surface area contributed by atoms with Gasteiger partial charge in [-0.1, -0.05) is 13.8 Å². The number of hydrogen-bond acceptors (Lipinski definition) is 3. The Morgan fingerprint density at radius 1 is 1.58 bits per heavy atom. The molecule has 0 aromatic heterocycles. The van der Waals surface area contributed by atoms with Gasteiger partial charge in [0.1, 0.15) is 6.04 Å². The molecular weight excluding hydrogens is 244 g/mol. The van der Waals surface area contributed by atoms with Crippen molar-refractivity contribution >= 4 is 11.9 Å². The number of carboxylic acid groups (broad SMARTS) is 1. The quantitative estimate of drug-likeness (QED) is 0.637. The van der Waals surface area contributed by atoms with Gasteiger partial charge >= 0.3 is 5.97 Å². The van der Waals surface area contributed by atoms with Crippen LogP contribution in [0.2, 0.25) is 0 Å². The fourth-order valence-electron chi connectivity index (χ4n) is 2.32. The Morgan fingerprint density at radius 2 is 2.26 bits per heavy atom. The molecule has 1 aliphatic heterocycles. The lowest BCUT2D eigenvalue weighted by atomic mass is 9.74. The van der Waals surface area contributed by atoms with E-state index in [0.29, 0.717) is 0 Å². The molecule has 0 radical (unpaired) electrons. The molecule has 1 saturated heterocycles. The predicted octanol–water partition coefficient (Wildman–Crippen LogP) is 0.605. The number of rotatable bonds is 5. The molecule has 0 aromatic rings. The summed E-state index contributed by atoms with van der Waals surface area (Å²) in [6.45, 7) is 5.47. The molecule has 0 saturated carbocycles. The van der Waals surface area contributed by atoms with E-state index >= 15 is 0 Å². The minimum Gasteiger partial charge on any atom is -0.480 e. The zero-order valence-corrected chi connectivity index (χ0v) is 11.5. The molecule has 0 aromatic carbocycles. The number of piperidine rings is 1. The Kier molecular flexibility index (Phi) is 5.37. The molecule has 1 heterocycles. The molecule has 2 atom stereocenters.